The van der Waals surface area contributed by atoms with Crippen LogP contribution in [0.1, 0.15) is 69.8 Å². The van der Waals surface area contributed by atoms with Crippen LogP contribution in [0.25, 0.3) is 11.3 Å². The van der Waals surface area contributed by atoms with Gasteiger partial charge in [-0.05, 0) is 50.4 Å². The summed E-state index contributed by atoms with van der Waals surface area (Å²) in [5, 5.41) is 11.4. The van der Waals surface area contributed by atoms with Crippen LogP contribution in [0.4, 0.5) is 5.82 Å². The maximum atomic E-state index is 13.0. The molecule has 180 valence electrons. The first-order chi connectivity index (χ1) is 15.9. The quantitative estimate of drug-likeness (QED) is 0.537. The fourth-order valence-corrected chi connectivity index (χ4v) is 5.34. The van der Waals surface area contributed by atoms with Crippen molar-refractivity contribution in [3.8, 4) is 17.0 Å². The molecule has 0 aromatic carbocycles. The minimum absolute atomic E-state index is 0.226. The van der Waals surface area contributed by atoms with Crippen LogP contribution < -0.4 is 15.4 Å². The highest BCUT2D eigenvalue weighted by Gasteiger charge is 2.28. The van der Waals surface area contributed by atoms with Crippen LogP contribution in [0.2, 0.25) is 5.02 Å². The molecule has 0 atom stereocenters. The van der Waals surface area contributed by atoms with Crippen LogP contribution in [0, 0.1) is 17.8 Å². The summed E-state index contributed by atoms with van der Waals surface area (Å²) in [6.07, 6.45) is 8.83. The monoisotopic (exact) mass is 473 g/mol. The molecular formula is C25H36ClN5O2. The fraction of sp³-hybridized carbons (Fsp3) is 0.640. The minimum Gasteiger partial charge on any atom is -0.496 e. The van der Waals surface area contributed by atoms with Crippen LogP contribution in [0.5, 0.6) is 5.75 Å². The van der Waals surface area contributed by atoms with Crippen LogP contribution in [-0.4, -0.2) is 40.4 Å². The molecule has 0 bridgehead atoms. The van der Waals surface area contributed by atoms with E-state index in [1.807, 2.05) is 13.0 Å². The Balaban J connectivity index is 1.52. The van der Waals surface area contributed by atoms with Crippen molar-refractivity contribution in [3.05, 3.63) is 23.0 Å². The lowest BCUT2D eigenvalue weighted by Gasteiger charge is -2.33. The Morgan fingerprint density at radius 3 is 2.58 bits per heavy atom. The Hall–Kier alpha value is -2.28. The number of pyridine rings is 1. The molecule has 0 unspecified atom stereocenters. The molecule has 4 rings (SSSR count). The molecule has 2 saturated carbocycles. The van der Waals surface area contributed by atoms with Crippen molar-refractivity contribution >= 4 is 23.3 Å². The first-order valence-corrected chi connectivity index (χ1v) is 12.6. The maximum Gasteiger partial charge on any atom is 0.273 e. The van der Waals surface area contributed by atoms with Gasteiger partial charge in [0.25, 0.3) is 5.91 Å². The van der Waals surface area contributed by atoms with Crippen LogP contribution in [0.15, 0.2) is 12.3 Å². The Bertz CT molecular complexity index is 977. The van der Waals surface area contributed by atoms with E-state index in [4.69, 9.17) is 16.3 Å². The molecule has 2 aromatic rings. The zero-order valence-electron chi connectivity index (χ0n) is 20.2. The summed E-state index contributed by atoms with van der Waals surface area (Å²) in [5.41, 5.74) is 1.64. The summed E-state index contributed by atoms with van der Waals surface area (Å²) in [6, 6.07) is 2.35. The highest BCUT2D eigenvalue weighted by atomic mass is 35.5. The topological polar surface area (TPSA) is 81.1 Å². The third-order valence-corrected chi connectivity index (χ3v) is 7.52. The number of hydrogen-bond donors (Lipinski definition) is 2. The smallest absolute Gasteiger partial charge is 0.273 e. The van der Waals surface area contributed by atoms with Gasteiger partial charge in [0, 0.05) is 31.4 Å². The largest absolute Gasteiger partial charge is 0.496 e. The zero-order chi connectivity index (χ0) is 23.5. The average Bonchev–Trinajstić information content (AvgIpc) is 3.13. The van der Waals surface area contributed by atoms with E-state index >= 15 is 0 Å². The SMILES string of the molecule is CCn1nc(C(=O)NCC2CCC(C)CC2)c(Cl)c1-c1cnc(NC2CC(C)C2)cc1OC. The molecule has 2 heterocycles. The fourth-order valence-electron chi connectivity index (χ4n) is 5.02. The third-order valence-electron chi connectivity index (χ3n) is 7.16. The van der Waals surface area contributed by atoms with Gasteiger partial charge in [0.15, 0.2) is 5.69 Å². The highest BCUT2D eigenvalue weighted by molar-refractivity contribution is 6.36. The molecule has 2 fully saturated rings. The molecule has 2 aliphatic carbocycles. The number of carbonyl (C=O) groups excluding carboxylic acids is 1. The number of halogens is 1. The van der Waals surface area contributed by atoms with Crippen molar-refractivity contribution in [2.24, 2.45) is 17.8 Å². The number of aromatic nitrogens is 3. The van der Waals surface area contributed by atoms with E-state index in [0.717, 1.165) is 48.9 Å². The second kappa shape index (κ2) is 10.3. The summed E-state index contributed by atoms with van der Waals surface area (Å²) in [5.74, 6) is 3.28. The molecule has 1 amide bonds. The van der Waals surface area contributed by atoms with Crippen molar-refractivity contribution in [1.29, 1.82) is 0 Å². The van der Waals surface area contributed by atoms with Crippen LogP contribution in [-0.2, 0) is 6.54 Å². The van der Waals surface area contributed by atoms with E-state index in [0.29, 0.717) is 41.5 Å². The molecule has 0 spiro atoms. The average molecular weight is 474 g/mol. The lowest BCUT2D eigenvalue weighted by atomic mass is 9.82. The normalized spacial score (nSPS) is 24.8. The van der Waals surface area contributed by atoms with Crippen molar-refractivity contribution < 1.29 is 9.53 Å². The minimum atomic E-state index is -0.226. The lowest BCUT2D eigenvalue weighted by Crippen LogP contribution is -2.34. The standard InChI is InChI=1S/C25H36ClN5O2/c1-5-31-24(19-14-27-21(12-20(19)33-4)29-18-10-16(3)11-18)22(26)23(30-31)25(32)28-13-17-8-6-15(2)7-9-17/h12,14-18H,5-11,13H2,1-4H3,(H,27,29)(H,28,32). The number of nitrogens with zero attached hydrogens (tertiary/aromatic N) is 3. The van der Waals surface area contributed by atoms with Crippen LogP contribution in [0.3, 0.4) is 0 Å². The van der Waals surface area contributed by atoms with Gasteiger partial charge in [-0.3, -0.25) is 9.48 Å². The van der Waals surface area contributed by atoms with E-state index in [-0.39, 0.29) is 11.6 Å². The van der Waals surface area contributed by atoms with Crippen molar-refractivity contribution in [2.75, 3.05) is 19.0 Å². The van der Waals surface area contributed by atoms with Crippen LogP contribution >= 0.6 is 11.6 Å². The van der Waals surface area contributed by atoms with Gasteiger partial charge in [0.1, 0.15) is 11.6 Å². The summed E-state index contributed by atoms with van der Waals surface area (Å²) in [7, 11) is 1.63. The van der Waals surface area contributed by atoms with Gasteiger partial charge >= 0.3 is 0 Å². The van der Waals surface area contributed by atoms with Gasteiger partial charge in [0.2, 0.25) is 0 Å². The molecule has 0 radical (unpaired) electrons. The molecular weight excluding hydrogens is 438 g/mol. The first kappa shape index (κ1) is 23.9. The van der Waals surface area contributed by atoms with E-state index < -0.39 is 0 Å². The number of rotatable bonds is 8. The number of carbonyl (C=O) groups is 1. The van der Waals surface area contributed by atoms with Crippen molar-refractivity contribution in [2.45, 2.75) is 71.9 Å². The second-order valence-electron chi connectivity index (χ2n) is 9.85. The molecule has 2 N–H and O–H groups in total. The number of anilines is 1. The molecule has 33 heavy (non-hydrogen) atoms. The van der Waals surface area contributed by atoms with E-state index in [1.54, 1.807) is 18.0 Å². The lowest BCUT2D eigenvalue weighted by molar-refractivity contribution is 0.0936. The number of ether oxygens (including phenoxy) is 1. The number of aryl methyl sites for hydroxylation is 1. The third kappa shape index (κ3) is 5.29. The second-order valence-corrected chi connectivity index (χ2v) is 10.2. The van der Waals surface area contributed by atoms with Gasteiger partial charge < -0.3 is 15.4 Å². The predicted octanol–water partition coefficient (Wildman–Crippen LogP) is 5.39. The Kier molecular flexibility index (Phi) is 7.47. The summed E-state index contributed by atoms with van der Waals surface area (Å²) >= 11 is 6.74. The Labute approximate surface area is 201 Å². The number of amides is 1. The van der Waals surface area contributed by atoms with Crippen molar-refractivity contribution in [3.63, 3.8) is 0 Å². The molecule has 2 aliphatic rings. The van der Waals surface area contributed by atoms with Gasteiger partial charge in [0.05, 0.1) is 23.4 Å². The molecule has 7 nitrogen and oxygen atoms in total. The predicted molar refractivity (Wildman–Crippen MR) is 132 cm³/mol. The molecule has 0 saturated heterocycles. The number of hydrogen-bond acceptors (Lipinski definition) is 5. The molecule has 0 aliphatic heterocycles. The summed E-state index contributed by atoms with van der Waals surface area (Å²) < 4.78 is 7.42. The molecule has 2 aromatic heterocycles. The first-order valence-electron chi connectivity index (χ1n) is 12.2. The number of nitrogens with one attached hydrogen (secondary N) is 2. The van der Waals surface area contributed by atoms with Gasteiger partial charge in [-0.2, -0.15) is 5.10 Å². The van der Waals surface area contributed by atoms with Gasteiger partial charge in [-0.1, -0.05) is 38.3 Å². The van der Waals surface area contributed by atoms with E-state index in [2.05, 4.69) is 34.6 Å². The Morgan fingerprint density at radius 1 is 1.21 bits per heavy atom. The van der Waals surface area contributed by atoms with Gasteiger partial charge in [-0.25, -0.2) is 4.98 Å². The Morgan fingerprint density at radius 2 is 1.94 bits per heavy atom. The number of methoxy groups -OCH3 is 1. The highest BCUT2D eigenvalue weighted by Crippen LogP contribution is 2.38. The summed E-state index contributed by atoms with van der Waals surface area (Å²) in [4.78, 5) is 17.5. The van der Waals surface area contributed by atoms with E-state index in [1.165, 1.54) is 12.8 Å². The summed E-state index contributed by atoms with van der Waals surface area (Å²) in [6.45, 7) is 7.78. The van der Waals surface area contributed by atoms with Gasteiger partial charge in [-0.15, -0.1) is 0 Å². The van der Waals surface area contributed by atoms with Crippen molar-refractivity contribution in [1.82, 2.24) is 20.1 Å². The maximum absolute atomic E-state index is 13.0. The van der Waals surface area contributed by atoms with E-state index in [9.17, 15) is 4.79 Å². The molecule has 8 heteroatoms. The zero-order valence-corrected chi connectivity index (χ0v) is 20.9.